The van der Waals surface area contributed by atoms with Crippen LogP contribution < -0.4 is 0 Å². The number of carbonyl (C=O) groups is 3. The molecule has 1 aliphatic rings. The molecule has 0 unspecified atom stereocenters. The van der Waals surface area contributed by atoms with Gasteiger partial charge in [-0.2, -0.15) is 0 Å². The van der Waals surface area contributed by atoms with Gasteiger partial charge in [0.25, 0.3) is 0 Å². The Labute approximate surface area is 145 Å². The minimum Gasteiger partial charge on any atom is -0.480 e. The lowest BCUT2D eigenvalue weighted by Gasteiger charge is -2.33. The Morgan fingerprint density at radius 3 is 1.52 bits per heavy atom. The molecule has 1 rings (SSSR count). The van der Waals surface area contributed by atoms with Gasteiger partial charge in [0.15, 0.2) is 0 Å². The number of nitrogens with zero attached hydrogens (tertiary/aromatic N) is 3. The molecule has 2 amide bonds. The van der Waals surface area contributed by atoms with E-state index in [0.29, 0.717) is 0 Å². The first-order chi connectivity index (χ1) is 11.9. The molecule has 11 heteroatoms. The fraction of sp³-hybridized carbons (Fsp3) is 0.786. The molecule has 0 atom stereocenters. The molecule has 0 radical (unpaired) electrons. The minimum atomic E-state index is -0.952. The number of piperazine rings is 1. The fourth-order valence-electron chi connectivity index (χ4n) is 2.10. The third kappa shape index (κ3) is 9.94. The molecule has 11 nitrogen and oxygen atoms in total. The summed E-state index contributed by atoms with van der Waals surface area (Å²) in [5.74, 6) is -1.33. The van der Waals surface area contributed by atoms with Crippen molar-refractivity contribution in [1.82, 2.24) is 14.7 Å². The average Bonchev–Trinajstić information content (AvgIpc) is 2.53. The number of rotatable bonds is 10. The maximum Gasteiger partial charge on any atom is 0.317 e. The van der Waals surface area contributed by atoms with E-state index < -0.39 is 5.97 Å². The van der Waals surface area contributed by atoms with E-state index >= 15 is 0 Å². The van der Waals surface area contributed by atoms with Gasteiger partial charge in [-0.3, -0.25) is 19.3 Å². The number of β-amino-alcohol motifs (C(OH)–C–C–N with tert-alkyl or cyclic N) is 2. The van der Waals surface area contributed by atoms with Crippen LogP contribution in [0.2, 0.25) is 0 Å². The van der Waals surface area contributed by atoms with Crippen LogP contribution in [0, 0.1) is 0 Å². The van der Waals surface area contributed by atoms with Crippen LogP contribution in [-0.2, 0) is 14.4 Å². The zero-order valence-corrected chi connectivity index (χ0v) is 14.1. The van der Waals surface area contributed by atoms with Crippen LogP contribution >= 0.6 is 0 Å². The number of hydrogen-bond donors (Lipinski definition) is 5. The zero-order chi connectivity index (χ0) is 19.2. The van der Waals surface area contributed by atoms with Gasteiger partial charge in [0.2, 0.25) is 11.8 Å². The smallest absolute Gasteiger partial charge is 0.317 e. The van der Waals surface area contributed by atoms with Gasteiger partial charge in [-0.25, -0.2) is 0 Å². The first-order valence-electron chi connectivity index (χ1n) is 7.82. The number of aliphatic hydroxyl groups excluding tert-OH is 4. The van der Waals surface area contributed by atoms with Crippen LogP contribution in [0.15, 0.2) is 0 Å². The van der Waals surface area contributed by atoms with Crippen LogP contribution in [0.25, 0.3) is 0 Å². The molecule has 0 aromatic heterocycles. The normalized spacial score (nSPS) is 14.6. The Morgan fingerprint density at radius 1 is 0.840 bits per heavy atom. The maximum absolute atomic E-state index is 11.4. The first-order valence-corrected chi connectivity index (χ1v) is 7.82. The highest BCUT2D eigenvalue weighted by molar-refractivity contribution is 5.92. The van der Waals surface area contributed by atoms with E-state index in [-0.39, 0.29) is 84.1 Å². The maximum atomic E-state index is 11.4. The van der Waals surface area contributed by atoms with Crippen LogP contribution in [0.5, 0.6) is 0 Å². The number of aliphatic hydroxyl groups is 4. The van der Waals surface area contributed by atoms with Crippen molar-refractivity contribution in [1.29, 1.82) is 0 Å². The SMILES string of the molecule is O=C(O)CN(CCO)CCO.O=C1CN(CCO)C(=O)CN1CCO. The second kappa shape index (κ2) is 13.5. The quantitative estimate of drug-likeness (QED) is 0.260. The lowest BCUT2D eigenvalue weighted by Crippen LogP contribution is -2.54. The molecule has 0 saturated carbocycles. The lowest BCUT2D eigenvalue weighted by molar-refractivity contribution is -0.150. The van der Waals surface area contributed by atoms with Crippen molar-refractivity contribution in [2.75, 3.05) is 72.2 Å². The minimum absolute atomic E-state index is 0.000602. The van der Waals surface area contributed by atoms with Gasteiger partial charge < -0.3 is 35.3 Å². The van der Waals surface area contributed by atoms with Crippen LogP contribution in [0.1, 0.15) is 0 Å². The highest BCUT2D eigenvalue weighted by Gasteiger charge is 2.28. The Morgan fingerprint density at radius 2 is 1.24 bits per heavy atom. The van der Waals surface area contributed by atoms with E-state index in [1.54, 1.807) is 0 Å². The molecule has 25 heavy (non-hydrogen) atoms. The summed E-state index contributed by atoms with van der Waals surface area (Å²) in [5.41, 5.74) is 0. The van der Waals surface area contributed by atoms with Crippen molar-refractivity contribution in [3.8, 4) is 0 Å². The second-order valence-electron chi connectivity index (χ2n) is 5.19. The molecule has 5 N–H and O–H groups in total. The van der Waals surface area contributed by atoms with Crippen molar-refractivity contribution in [2.45, 2.75) is 0 Å². The van der Waals surface area contributed by atoms with Gasteiger partial charge in [0, 0.05) is 26.2 Å². The number of amides is 2. The molecule has 146 valence electrons. The molecule has 0 aromatic rings. The number of carboxylic acid groups (broad SMARTS) is 1. The highest BCUT2D eigenvalue weighted by atomic mass is 16.4. The van der Waals surface area contributed by atoms with Crippen molar-refractivity contribution >= 4 is 17.8 Å². The monoisotopic (exact) mass is 365 g/mol. The van der Waals surface area contributed by atoms with Gasteiger partial charge in [0.1, 0.15) is 0 Å². The van der Waals surface area contributed by atoms with Gasteiger partial charge >= 0.3 is 5.97 Å². The molecule has 0 spiro atoms. The van der Waals surface area contributed by atoms with E-state index in [2.05, 4.69) is 0 Å². The molecular formula is C14H27N3O8. The molecule has 1 heterocycles. The summed E-state index contributed by atoms with van der Waals surface area (Å²) < 4.78 is 0. The molecule has 0 aliphatic carbocycles. The van der Waals surface area contributed by atoms with E-state index in [0.717, 1.165) is 0 Å². The van der Waals surface area contributed by atoms with Crippen molar-refractivity contribution < 1.29 is 39.9 Å². The van der Waals surface area contributed by atoms with E-state index in [1.807, 2.05) is 0 Å². The molecular weight excluding hydrogens is 338 g/mol. The predicted molar refractivity (Wildman–Crippen MR) is 85.6 cm³/mol. The standard InChI is InChI=1S/C8H14N2O4.C6H13NO4/c11-3-1-9-5-8(14)10(2-4-12)6-7(9)13;8-3-1-7(2-4-9)5-6(10)11/h11-12H,1-6H2;8-9H,1-5H2,(H,10,11). The van der Waals surface area contributed by atoms with Crippen LogP contribution in [-0.4, -0.2) is 130 Å². The van der Waals surface area contributed by atoms with Crippen LogP contribution in [0.3, 0.4) is 0 Å². The van der Waals surface area contributed by atoms with E-state index in [9.17, 15) is 14.4 Å². The molecule has 1 fully saturated rings. The van der Waals surface area contributed by atoms with Crippen molar-refractivity contribution in [3.63, 3.8) is 0 Å². The lowest BCUT2D eigenvalue weighted by atomic mass is 10.3. The van der Waals surface area contributed by atoms with Crippen molar-refractivity contribution in [2.24, 2.45) is 0 Å². The van der Waals surface area contributed by atoms with Gasteiger partial charge in [0.05, 0.1) is 46.1 Å². The summed E-state index contributed by atoms with van der Waals surface area (Å²) in [6, 6.07) is 0. The third-order valence-corrected chi connectivity index (χ3v) is 3.29. The number of carbonyl (C=O) groups excluding carboxylic acids is 2. The second-order valence-corrected chi connectivity index (χ2v) is 5.19. The molecule has 0 aromatic carbocycles. The van der Waals surface area contributed by atoms with E-state index in [4.69, 9.17) is 25.5 Å². The summed E-state index contributed by atoms with van der Waals surface area (Å²) in [5, 5.41) is 42.5. The summed E-state index contributed by atoms with van der Waals surface area (Å²) >= 11 is 0. The zero-order valence-electron chi connectivity index (χ0n) is 14.1. The number of aliphatic carboxylic acids is 1. The first kappa shape index (κ1) is 23.2. The molecule has 1 aliphatic heterocycles. The summed E-state index contributed by atoms with van der Waals surface area (Å²) in [6.07, 6.45) is 0. The number of carboxylic acids is 1. The topological polar surface area (TPSA) is 162 Å². The summed E-state index contributed by atoms with van der Waals surface area (Å²) in [6.45, 7) is 0.354. The summed E-state index contributed by atoms with van der Waals surface area (Å²) in [7, 11) is 0. The predicted octanol–water partition coefficient (Wildman–Crippen LogP) is -4.00. The van der Waals surface area contributed by atoms with Gasteiger partial charge in [-0.1, -0.05) is 0 Å². The Balaban J connectivity index is 0.000000477. The molecule has 0 bridgehead atoms. The van der Waals surface area contributed by atoms with Crippen molar-refractivity contribution in [3.05, 3.63) is 0 Å². The van der Waals surface area contributed by atoms with E-state index in [1.165, 1.54) is 14.7 Å². The van der Waals surface area contributed by atoms with Gasteiger partial charge in [-0.05, 0) is 0 Å². The summed E-state index contributed by atoms with van der Waals surface area (Å²) in [4.78, 5) is 37.0. The third-order valence-electron chi connectivity index (χ3n) is 3.29. The average molecular weight is 365 g/mol. The highest BCUT2D eigenvalue weighted by Crippen LogP contribution is 2.03. The Kier molecular flexibility index (Phi) is 12.5. The van der Waals surface area contributed by atoms with Crippen LogP contribution in [0.4, 0.5) is 0 Å². The fourth-order valence-corrected chi connectivity index (χ4v) is 2.10. The number of hydrogen-bond acceptors (Lipinski definition) is 8. The van der Waals surface area contributed by atoms with Gasteiger partial charge in [-0.15, -0.1) is 0 Å². The largest absolute Gasteiger partial charge is 0.480 e. The Bertz CT molecular complexity index is 391. The molecule has 1 saturated heterocycles. The Hall–Kier alpha value is -1.79.